The molecule has 8 nitrogen and oxygen atoms in total. The van der Waals surface area contributed by atoms with Gasteiger partial charge in [-0.15, -0.1) is 0 Å². The van der Waals surface area contributed by atoms with Crippen LogP contribution in [0.4, 0.5) is 10.2 Å². The van der Waals surface area contributed by atoms with Crippen LogP contribution < -0.4 is 9.64 Å². The zero-order valence-electron chi connectivity index (χ0n) is 22.3. The lowest BCUT2D eigenvalue weighted by molar-refractivity contribution is -0.0430. The molecule has 3 saturated heterocycles. The molecule has 0 saturated carbocycles. The third-order valence-electron chi connectivity index (χ3n) is 7.73. The Morgan fingerprint density at radius 3 is 2.51 bits per heavy atom. The SMILES string of the molecule is CC(C)N(C(=O)c1cc(F)ccc1Oc1cncnc1N1CC2(CN(CC3CCOCC3)C2)C1)C(C)C. The van der Waals surface area contributed by atoms with E-state index in [9.17, 15) is 9.18 Å². The van der Waals surface area contributed by atoms with Gasteiger partial charge < -0.3 is 24.2 Å². The Labute approximate surface area is 218 Å². The van der Waals surface area contributed by atoms with Crippen molar-refractivity contribution in [3.8, 4) is 11.5 Å². The van der Waals surface area contributed by atoms with E-state index in [-0.39, 0.29) is 23.6 Å². The number of hydrogen-bond acceptors (Lipinski definition) is 7. The number of aromatic nitrogens is 2. The maximum Gasteiger partial charge on any atom is 0.258 e. The standard InChI is InChI=1S/C28H38FN5O3/c1-19(2)34(20(3)4)27(35)23-11-22(29)5-6-24(23)37-25-12-30-18-31-26(25)33-16-28(17-33)14-32(15-28)13-21-7-9-36-10-8-21/h5-6,11-12,18-21H,7-10,13-17H2,1-4H3. The molecule has 0 unspecified atom stereocenters. The molecule has 0 radical (unpaired) electrons. The quantitative estimate of drug-likeness (QED) is 0.526. The number of carbonyl (C=O) groups excluding carboxylic acids is 1. The highest BCUT2D eigenvalue weighted by molar-refractivity contribution is 5.97. The fourth-order valence-electron chi connectivity index (χ4n) is 6.14. The summed E-state index contributed by atoms with van der Waals surface area (Å²) in [4.78, 5) is 28.6. The molecule has 3 aliphatic rings. The molecule has 1 aromatic carbocycles. The summed E-state index contributed by atoms with van der Waals surface area (Å²) in [6.45, 7) is 14.8. The molecule has 4 heterocycles. The summed E-state index contributed by atoms with van der Waals surface area (Å²) >= 11 is 0. The molecule has 5 rings (SSSR count). The van der Waals surface area contributed by atoms with E-state index < -0.39 is 5.82 Å². The van der Waals surface area contributed by atoms with E-state index in [1.807, 2.05) is 27.7 Å². The summed E-state index contributed by atoms with van der Waals surface area (Å²) in [5, 5.41) is 0. The van der Waals surface area contributed by atoms with Crippen LogP contribution in [0.25, 0.3) is 0 Å². The molecular formula is C28H38FN5O3. The number of ether oxygens (including phenoxy) is 2. The van der Waals surface area contributed by atoms with Gasteiger partial charge in [0.05, 0.1) is 11.8 Å². The Bertz CT molecular complexity index is 1100. The first-order valence-electron chi connectivity index (χ1n) is 13.4. The molecule has 0 atom stereocenters. The van der Waals surface area contributed by atoms with Crippen LogP contribution in [0.2, 0.25) is 0 Å². The van der Waals surface area contributed by atoms with Crippen molar-refractivity contribution < 1.29 is 18.7 Å². The summed E-state index contributed by atoms with van der Waals surface area (Å²) < 4.78 is 25.9. The normalized spacial score (nSPS) is 19.7. The lowest BCUT2D eigenvalue weighted by Crippen LogP contribution is -2.72. The number of amides is 1. The fraction of sp³-hybridized carbons (Fsp3) is 0.607. The van der Waals surface area contributed by atoms with Gasteiger partial charge in [0.15, 0.2) is 11.6 Å². The first kappa shape index (κ1) is 25.9. The molecule has 2 aromatic rings. The lowest BCUT2D eigenvalue weighted by atomic mass is 9.72. The van der Waals surface area contributed by atoms with Crippen molar-refractivity contribution in [1.29, 1.82) is 0 Å². The maximum absolute atomic E-state index is 14.2. The van der Waals surface area contributed by atoms with Crippen LogP contribution >= 0.6 is 0 Å². The van der Waals surface area contributed by atoms with Crippen LogP contribution in [0.3, 0.4) is 0 Å². The second kappa shape index (κ2) is 10.5. The fourth-order valence-corrected chi connectivity index (χ4v) is 6.14. The molecule has 200 valence electrons. The summed E-state index contributed by atoms with van der Waals surface area (Å²) in [5.41, 5.74) is 0.499. The van der Waals surface area contributed by atoms with Gasteiger partial charge in [0.1, 0.15) is 17.9 Å². The van der Waals surface area contributed by atoms with Gasteiger partial charge in [0.25, 0.3) is 5.91 Å². The molecule has 3 aliphatic heterocycles. The van der Waals surface area contributed by atoms with Crippen molar-refractivity contribution in [3.05, 3.63) is 42.1 Å². The van der Waals surface area contributed by atoms with Gasteiger partial charge in [0.2, 0.25) is 0 Å². The molecule has 0 aliphatic carbocycles. The minimum absolute atomic E-state index is 0.0370. The van der Waals surface area contributed by atoms with E-state index in [1.54, 1.807) is 11.1 Å². The van der Waals surface area contributed by atoms with Crippen molar-refractivity contribution >= 4 is 11.7 Å². The van der Waals surface area contributed by atoms with Crippen molar-refractivity contribution in [2.45, 2.75) is 52.6 Å². The molecular weight excluding hydrogens is 473 g/mol. The average molecular weight is 512 g/mol. The van der Waals surface area contributed by atoms with E-state index in [0.29, 0.717) is 22.7 Å². The van der Waals surface area contributed by atoms with E-state index >= 15 is 0 Å². The minimum atomic E-state index is -0.479. The number of benzene rings is 1. The van der Waals surface area contributed by atoms with Gasteiger partial charge in [-0.25, -0.2) is 14.4 Å². The lowest BCUT2D eigenvalue weighted by Gasteiger charge is -2.61. The van der Waals surface area contributed by atoms with E-state index in [2.05, 4.69) is 19.8 Å². The predicted molar refractivity (Wildman–Crippen MR) is 140 cm³/mol. The van der Waals surface area contributed by atoms with Gasteiger partial charge >= 0.3 is 0 Å². The number of carbonyl (C=O) groups is 1. The number of nitrogens with zero attached hydrogens (tertiary/aromatic N) is 5. The number of anilines is 1. The van der Waals surface area contributed by atoms with Gasteiger partial charge in [0, 0.05) is 63.4 Å². The van der Waals surface area contributed by atoms with Crippen LogP contribution in [0.1, 0.15) is 50.9 Å². The minimum Gasteiger partial charge on any atom is -0.451 e. The smallest absolute Gasteiger partial charge is 0.258 e. The second-order valence-corrected chi connectivity index (χ2v) is 11.4. The first-order chi connectivity index (χ1) is 17.7. The number of likely N-dealkylation sites (tertiary alicyclic amines) is 1. The van der Waals surface area contributed by atoms with Crippen molar-refractivity contribution in [1.82, 2.24) is 19.8 Å². The zero-order valence-corrected chi connectivity index (χ0v) is 22.3. The Hall–Kier alpha value is -2.78. The molecule has 9 heteroatoms. The summed E-state index contributed by atoms with van der Waals surface area (Å²) in [7, 11) is 0. The number of halogens is 1. The van der Waals surface area contributed by atoms with E-state index in [0.717, 1.165) is 64.7 Å². The highest BCUT2D eigenvalue weighted by Crippen LogP contribution is 2.44. The van der Waals surface area contributed by atoms with Crippen molar-refractivity contribution in [2.75, 3.05) is 50.8 Å². The summed E-state index contributed by atoms with van der Waals surface area (Å²) in [6, 6.07) is 3.99. The summed E-state index contributed by atoms with van der Waals surface area (Å²) in [5.74, 6) is 1.48. The monoisotopic (exact) mass is 511 g/mol. The largest absolute Gasteiger partial charge is 0.451 e. The molecule has 1 amide bonds. The highest BCUT2D eigenvalue weighted by Gasteiger charge is 2.52. The van der Waals surface area contributed by atoms with Crippen LogP contribution in [0.5, 0.6) is 11.5 Å². The molecule has 0 bridgehead atoms. The zero-order chi connectivity index (χ0) is 26.2. The predicted octanol–water partition coefficient (Wildman–Crippen LogP) is 4.22. The Kier molecular flexibility index (Phi) is 7.36. The van der Waals surface area contributed by atoms with E-state index in [4.69, 9.17) is 9.47 Å². The van der Waals surface area contributed by atoms with Crippen molar-refractivity contribution in [2.24, 2.45) is 11.3 Å². The Morgan fingerprint density at radius 1 is 1.14 bits per heavy atom. The topological polar surface area (TPSA) is 71.0 Å². The number of hydrogen-bond donors (Lipinski definition) is 0. The molecule has 3 fully saturated rings. The van der Waals surface area contributed by atoms with Gasteiger partial charge in [-0.2, -0.15) is 0 Å². The Balaban J connectivity index is 1.27. The second-order valence-electron chi connectivity index (χ2n) is 11.4. The van der Waals surface area contributed by atoms with Crippen LogP contribution in [-0.4, -0.2) is 83.7 Å². The highest BCUT2D eigenvalue weighted by atomic mass is 19.1. The third kappa shape index (κ3) is 5.43. The average Bonchev–Trinajstić information content (AvgIpc) is 2.81. The molecule has 37 heavy (non-hydrogen) atoms. The van der Waals surface area contributed by atoms with Crippen LogP contribution in [0.15, 0.2) is 30.7 Å². The summed E-state index contributed by atoms with van der Waals surface area (Å²) in [6.07, 6.45) is 5.46. The number of rotatable bonds is 8. The first-order valence-corrected chi connectivity index (χ1v) is 13.4. The molecule has 0 N–H and O–H groups in total. The van der Waals surface area contributed by atoms with Gasteiger partial charge in [-0.05, 0) is 64.7 Å². The van der Waals surface area contributed by atoms with Crippen LogP contribution in [-0.2, 0) is 4.74 Å². The molecule has 1 aromatic heterocycles. The Morgan fingerprint density at radius 2 is 1.84 bits per heavy atom. The molecule has 1 spiro atoms. The van der Waals surface area contributed by atoms with Crippen LogP contribution in [0, 0.1) is 17.2 Å². The van der Waals surface area contributed by atoms with Gasteiger partial charge in [-0.1, -0.05) is 0 Å². The van der Waals surface area contributed by atoms with E-state index in [1.165, 1.54) is 24.5 Å². The van der Waals surface area contributed by atoms with Gasteiger partial charge in [-0.3, -0.25) is 4.79 Å². The maximum atomic E-state index is 14.2. The third-order valence-corrected chi connectivity index (χ3v) is 7.73. The van der Waals surface area contributed by atoms with Crippen molar-refractivity contribution in [3.63, 3.8) is 0 Å².